The van der Waals surface area contributed by atoms with Crippen LogP contribution in [0.2, 0.25) is 5.02 Å². The molecule has 2 amide bonds. The first-order valence-electron chi connectivity index (χ1n) is 9.03. The van der Waals surface area contributed by atoms with Gasteiger partial charge in [-0.25, -0.2) is 0 Å². The van der Waals surface area contributed by atoms with Crippen molar-refractivity contribution in [2.75, 3.05) is 29.9 Å². The minimum atomic E-state index is -0.673. The summed E-state index contributed by atoms with van der Waals surface area (Å²) >= 11 is 5.94. The minimum absolute atomic E-state index is 0.363. The van der Waals surface area contributed by atoms with Crippen LogP contribution >= 0.6 is 11.6 Å². The molecule has 0 atom stereocenters. The van der Waals surface area contributed by atoms with Gasteiger partial charge in [0.25, 0.3) is 0 Å². The lowest BCUT2D eigenvalue weighted by Crippen LogP contribution is -2.41. The Kier molecular flexibility index (Phi) is 6.29. The number of benzene rings is 1. The van der Waals surface area contributed by atoms with Crippen LogP contribution in [0, 0.1) is 12.8 Å². The van der Waals surface area contributed by atoms with Crippen molar-refractivity contribution in [2.45, 2.75) is 19.8 Å². The molecule has 1 aliphatic heterocycles. The fourth-order valence-corrected chi connectivity index (χ4v) is 3.33. The van der Waals surface area contributed by atoms with Gasteiger partial charge in [0.05, 0.1) is 11.9 Å². The first-order valence-corrected chi connectivity index (χ1v) is 9.41. The molecule has 1 aromatic carbocycles. The number of aromatic nitrogens is 1. The third kappa shape index (κ3) is 5.20. The molecule has 1 fully saturated rings. The Hall–Kier alpha value is -2.60. The number of carbonyl (C=O) groups is 2. The van der Waals surface area contributed by atoms with Crippen LogP contribution in [0.3, 0.4) is 0 Å². The summed E-state index contributed by atoms with van der Waals surface area (Å²) in [4.78, 5) is 30.6. The highest BCUT2D eigenvalue weighted by Gasteiger charge is 2.22. The molecule has 0 aliphatic carbocycles. The standard InChI is InChI=1S/C20H23ClN4O2/c1-14-4-5-16(21)11-18(14)24-20(27)19(26)23-12-15-6-9-25(10-7-15)17-3-2-8-22-13-17/h2-5,8,11,13,15H,6-7,9-10,12H2,1H3,(H,23,26)(H,24,27). The van der Waals surface area contributed by atoms with Gasteiger partial charge in [-0.15, -0.1) is 0 Å². The van der Waals surface area contributed by atoms with Crippen molar-refractivity contribution in [1.82, 2.24) is 10.3 Å². The van der Waals surface area contributed by atoms with Crippen molar-refractivity contribution in [2.24, 2.45) is 5.92 Å². The van der Waals surface area contributed by atoms with Crippen molar-refractivity contribution in [3.8, 4) is 0 Å². The maximum atomic E-state index is 12.1. The molecule has 0 spiro atoms. The maximum absolute atomic E-state index is 12.1. The number of halogens is 1. The van der Waals surface area contributed by atoms with Crippen molar-refractivity contribution in [1.29, 1.82) is 0 Å². The number of carbonyl (C=O) groups excluding carboxylic acids is 2. The van der Waals surface area contributed by atoms with Gasteiger partial charge in [-0.1, -0.05) is 17.7 Å². The van der Waals surface area contributed by atoms with Gasteiger partial charge in [0.2, 0.25) is 0 Å². The van der Waals surface area contributed by atoms with Crippen molar-refractivity contribution in [3.63, 3.8) is 0 Å². The van der Waals surface area contributed by atoms with E-state index in [2.05, 4.69) is 26.6 Å². The molecule has 2 aromatic rings. The topological polar surface area (TPSA) is 74.3 Å². The summed E-state index contributed by atoms with van der Waals surface area (Å²) in [7, 11) is 0. The minimum Gasteiger partial charge on any atom is -0.370 e. The van der Waals surface area contributed by atoms with Crippen LogP contribution < -0.4 is 15.5 Å². The zero-order valence-electron chi connectivity index (χ0n) is 15.2. The van der Waals surface area contributed by atoms with E-state index in [9.17, 15) is 9.59 Å². The van der Waals surface area contributed by atoms with E-state index < -0.39 is 11.8 Å². The fourth-order valence-electron chi connectivity index (χ4n) is 3.16. The number of piperidine rings is 1. The maximum Gasteiger partial charge on any atom is 0.313 e. The summed E-state index contributed by atoms with van der Waals surface area (Å²) < 4.78 is 0. The van der Waals surface area contributed by atoms with E-state index in [0.29, 0.717) is 23.2 Å². The molecule has 6 nitrogen and oxygen atoms in total. The van der Waals surface area contributed by atoms with Crippen LogP contribution in [-0.4, -0.2) is 36.4 Å². The van der Waals surface area contributed by atoms with E-state index in [-0.39, 0.29) is 0 Å². The van der Waals surface area contributed by atoms with Gasteiger partial charge in [-0.3, -0.25) is 14.6 Å². The highest BCUT2D eigenvalue weighted by atomic mass is 35.5. The van der Waals surface area contributed by atoms with Gasteiger partial charge in [0.1, 0.15) is 0 Å². The summed E-state index contributed by atoms with van der Waals surface area (Å²) in [6.45, 7) is 4.18. The van der Waals surface area contributed by atoms with Gasteiger partial charge in [0, 0.05) is 36.5 Å². The highest BCUT2D eigenvalue weighted by molar-refractivity contribution is 6.40. The van der Waals surface area contributed by atoms with E-state index in [1.165, 1.54) is 0 Å². The average molecular weight is 387 g/mol. The van der Waals surface area contributed by atoms with E-state index in [4.69, 9.17) is 11.6 Å². The molecule has 1 aromatic heterocycles. The highest BCUT2D eigenvalue weighted by Crippen LogP contribution is 2.22. The summed E-state index contributed by atoms with van der Waals surface area (Å²) in [6.07, 6.45) is 5.56. The van der Waals surface area contributed by atoms with Crippen LogP contribution in [-0.2, 0) is 9.59 Å². The second kappa shape index (κ2) is 8.86. The quantitative estimate of drug-likeness (QED) is 0.792. The lowest BCUT2D eigenvalue weighted by Gasteiger charge is -2.33. The molecule has 7 heteroatoms. The second-order valence-electron chi connectivity index (χ2n) is 6.77. The number of pyridine rings is 1. The normalized spacial score (nSPS) is 14.7. The second-order valence-corrected chi connectivity index (χ2v) is 7.20. The molecule has 142 valence electrons. The Bertz CT molecular complexity index is 805. The van der Waals surface area contributed by atoms with E-state index in [0.717, 1.165) is 37.2 Å². The third-order valence-electron chi connectivity index (χ3n) is 4.83. The molecule has 27 heavy (non-hydrogen) atoms. The molecule has 2 heterocycles. The van der Waals surface area contributed by atoms with Crippen LogP contribution in [0.15, 0.2) is 42.7 Å². The SMILES string of the molecule is Cc1ccc(Cl)cc1NC(=O)C(=O)NCC1CCN(c2cccnc2)CC1. The number of rotatable bonds is 4. The number of anilines is 2. The van der Waals surface area contributed by atoms with Gasteiger partial charge < -0.3 is 15.5 Å². The monoisotopic (exact) mass is 386 g/mol. The number of nitrogens with zero attached hydrogens (tertiary/aromatic N) is 2. The number of hydrogen-bond acceptors (Lipinski definition) is 4. The van der Waals surface area contributed by atoms with Crippen LogP contribution in [0.1, 0.15) is 18.4 Å². The molecular formula is C20H23ClN4O2. The molecule has 3 rings (SSSR count). The fraction of sp³-hybridized carbons (Fsp3) is 0.350. The largest absolute Gasteiger partial charge is 0.370 e. The molecule has 0 unspecified atom stereocenters. The third-order valence-corrected chi connectivity index (χ3v) is 5.07. The smallest absolute Gasteiger partial charge is 0.313 e. The summed E-state index contributed by atoms with van der Waals surface area (Å²) in [5.74, 6) is -0.931. The first kappa shape index (κ1) is 19.2. The van der Waals surface area contributed by atoms with Crippen molar-refractivity contribution < 1.29 is 9.59 Å². The summed E-state index contributed by atoms with van der Waals surface area (Å²) in [5.41, 5.74) is 2.52. The molecule has 1 saturated heterocycles. The Labute approximate surface area is 163 Å². The lowest BCUT2D eigenvalue weighted by atomic mass is 9.96. The Balaban J connectivity index is 1.44. The predicted octanol–water partition coefficient (Wildman–Crippen LogP) is 3.01. The number of amides is 2. The van der Waals surface area contributed by atoms with Gasteiger partial charge in [-0.2, -0.15) is 0 Å². The first-order chi connectivity index (χ1) is 13.0. The molecule has 1 aliphatic rings. The van der Waals surface area contributed by atoms with Gasteiger partial charge >= 0.3 is 11.8 Å². The number of nitrogens with one attached hydrogen (secondary N) is 2. The average Bonchev–Trinajstić information content (AvgIpc) is 2.70. The van der Waals surface area contributed by atoms with Gasteiger partial charge in [0.15, 0.2) is 0 Å². The Morgan fingerprint density at radius 2 is 2.00 bits per heavy atom. The van der Waals surface area contributed by atoms with Crippen LogP contribution in [0.4, 0.5) is 11.4 Å². The zero-order valence-corrected chi connectivity index (χ0v) is 16.0. The summed E-state index contributed by atoms with van der Waals surface area (Å²) in [5, 5.41) is 5.87. The molecule has 2 N–H and O–H groups in total. The van der Waals surface area contributed by atoms with Crippen LogP contribution in [0.5, 0.6) is 0 Å². The molecule has 0 bridgehead atoms. The predicted molar refractivity (Wildman–Crippen MR) is 107 cm³/mol. The van der Waals surface area contributed by atoms with Crippen LogP contribution in [0.25, 0.3) is 0 Å². The Morgan fingerprint density at radius 1 is 1.22 bits per heavy atom. The summed E-state index contributed by atoms with van der Waals surface area (Å²) in [6, 6.07) is 9.16. The Morgan fingerprint density at radius 3 is 2.70 bits per heavy atom. The zero-order chi connectivity index (χ0) is 19.2. The van der Waals surface area contributed by atoms with E-state index in [1.807, 2.05) is 19.2 Å². The van der Waals surface area contributed by atoms with Crippen molar-refractivity contribution >= 4 is 34.8 Å². The molecular weight excluding hydrogens is 364 g/mol. The molecule has 0 saturated carbocycles. The van der Waals surface area contributed by atoms with E-state index >= 15 is 0 Å². The molecule has 0 radical (unpaired) electrons. The number of aryl methyl sites for hydroxylation is 1. The lowest BCUT2D eigenvalue weighted by molar-refractivity contribution is -0.136. The number of hydrogen-bond donors (Lipinski definition) is 2. The van der Waals surface area contributed by atoms with E-state index in [1.54, 1.807) is 24.4 Å². The van der Waals surface area contributed by atoms with Crippen molar-refractivity contribution in [3.05, 3.63) is 53.3 Å². The van der Waals surface area contributed by atoms with Gasteiger partial charge in [-0.05, 0) is 55.5 Å².